The Hall–Kier alpha value is -2.76. The molecule has 2 aromatic rings. The van der Waals surface area contributed by atoms with E-state index < -0.39 is 11.0 Å². The van der Waals surface area contributed by atoms with E-state index in [0.29, 0.717) is 10.9 Å². The first-order valence-electron chi connectivity index (χ1n) is 9.26. The highest BCUT2D eigenvalue weighted by Gasteiger charge is 2.22. The maximum Gasteiger partial charge on any atom is 0.261 e. The van der Waals surface area contributed by atoms with Gasteiger partial charge in [0.25, 0.3) is 5.56 Å². The highest BCUT2D eigenvalue weighted by Crippen LogP contribution is 2.16. The maximum absolute atomic E-state index is 12.3. The summed E-state index contributed by atoms with van der Waals surface area (Å²) in [7, 11) is 0. The highest BCUT2D eigenvalue weighted by atomic mass is 16.7. The van der Waals surface area contributed by atoms with Crippen LogP contribution in [0.3, 0.4) is 0 Å². The van der Waals surface area contributed by atoms with Gasteiger partial charge in [-0.15, -0.1) is 0 Å². The number of nitrogens with one attached hydrogen (secondary N) is 2. The minimum absolute atomic E-state index is 0.0737. The Morgan fingerprint density at radius 1 is 1.43 bits per heavy atom. The summed E-state index contributed by atoms with van der Waals surface area (Å²) in [5.41, 5.74) is -0.174. The molecule has 0 spiro atoms. The first kappa shape index (κ1) is 20.0. The van der Waals surface area contributed by atoms with Crippen molar-refractivity contribution >= 4 is 22.9 Å². The fourth-order valence-corrected chi connectivity index (χ4v) is 2.56. The topological polar surface area (TPSA) is 106 Å². The highest BCUT2D eigenvalue weighted by molar-refractivity contribution is 5.93. The molecule has 1 amide bonds. The number of ether oxygens (including phenoxy) is 2. The minimum atomic E-state index is -0.606. The smallest absolute Gasteiger partial charge is 0.261 e. The number of H-pyrrole nitrogens is 1. The molecule has 1 aliphatic heterocycles. The summed E-state index contributed by atoms with van der Waals surface area (Å²) in [6.07, 6.45) is 4.40. The van der Waals surface area contributed by atoms with Crippen LogP contribution in [-0.4, -0.2) is 40.4 Å². The number of carbonyl (C=O) groups excluding carboxylic acids is 1. The number of anilines is 1. The van der Waals surface area contributed by atoms with Crippen molar-refractivity contribution in [2.75, 3.05) is 18.5 Å². The first-order chi connectivity index (χ1) is 13.3. The zero-order valence-electron chi connectivity index (χ0n) is 16.3. The van der Waals surface area contributed by atoms with Crippen molar-refractivity contribution in [2.24, 2.45) is 5.41 Å². The molecule has 8 heteroatoms. The number of nitrogens with zero attached hydrogens (tertiary/aromatic N) is 2. The number of carbonyl (C=O) groups is 1. The maximum atomic E-state index is 12.3. The quantitative estimate of drug-likeness (QED) is 0.786. The van der Waals surface area contributed by atoms with Crippen LogP contribution in [0.25, 0.3) is 11.0 Å². The van der Waals surface area contributed by atoms with Gasteiger partial charge in [-0.2, -0.15) is 4.98 Å². The van der Waals surface area contributed by atoms with Crippen LogP contribution in [0.2, 0.25) is 0 Å². The molecule has 3 rings (SSSR count). The molecule has 1 fully saturated rings. The summed E-state index contributed by atoms with van der Waals surface area (Å²) < 4.78 is 11.0. The second-order valence-electron chi connectivity index (χ2n) is 7.62. The lowest BCUT2D eigenvalue weighted by Gasteiger charge is -2.21. The number of hydrogen-bond donors (Lipinski definition) is 2. The molecule has 2 aromatic heterocycles. The lowest BCUT2D eigenvalue weighted by atomic mass is 9.96. The third kappa shape index (κ3) is 5.15. The van der Waals surface area contributed by atoms with Gasteiger partial charge in [0.2, 0.25) is 11.9 Å². The molecule has 1 unspecified atom stereocenters. The number of aromatic nitrogens is 3. The molecule has 0 aliphatic carbocycles. The lowest BCUT2D eigenvalue weighted by molar-refractivity contribution is -0.154. The molecule has 1 saturated heterocycles. The van der Waals surface area contributed by atoms with Gasteiger partial charge in [-0.25, -0.2) is 4.98 Å². The zero-order chi connectivity index (χ0) is 20.1. The van der Waals surface area contributed by atoms with Crippen molar-refractivity contribution in [1.82, 2.24) is 15.0 Å². The van der Waals surface area contributed by atoms with E-state index in [1.165, 1.54) is 6.20 Å². The Labute approximate surface area is 163 Å². The van der Waals surface area contributed by atoms with Gasteiger partial charge in [-0.05, 0) is 25.3 Å². The Bertz CT molecular complexity index is 976. The van der Waals surface area contributed by atoms with E-state index in [4.69, 9.17) is 9.47 Å². The summed E-state index contributed by atoms with van der Waals surface area (Å²) >= 11 is 0. The van der Waals surface area contributed by atoms with Crippen molar-refractivity contribution in [1.29, 1.82) is 0 Å². The number of pyridine rings is 1. The number of hydrogen-bond acceptors (Lipinski definition) is 6. The summed E-state index contributed by atoms with van der Waals surface area (Å²) in [5.74, 6) is 5.66. The van der Waals surface area contributed by atoms with Gasteiger partial charge in [0.15, 0.2) is 11.9 Å². The second-order valence-corrected chi connectivity index (χ2v) is 7.62. The van der Waals surface area contributed by atoms with Gasteiger partial charge in [-0.1, -0.05) is 32.6 Å². The van der Waals surface area contributed by atoms with Crippen LogP contribution in [0.1, 0.15) is 45.6 Å². The number of rotatable bonds is 3. The van der Waals surface area contributed by atoms with Crippen LogP contribution in [0.4, 0.5) is 5.95 Å². The van der Waals surface area contributed by atoms with Gasteiger partial charge in [0.05, 0.1) is 5.39 Å². The third-order valence-electron chi connectivity index (χ3n) is 4.19. The van der Waals surface area contributed by atoms with Gasteiger partial charge in [0.1, 0.15) is 6.61 Å². The molecular weight excluding hydrogens is 360 g/mol. The average molecular weight is 384 g/mol. The molecule has 2 N–H and O–H groups in total. The van der Waals surface area contributed by atoms with Gasteiger partial charge in [0, 0.05) is 23.8 Å². The largest absolute Gasteiger partial charge is 0.353 e. The van der Waals surface area contributed by atoms with Crippen LogP contribution in [0.15, 0.2) is 17.1 Å². The van der Waals surface area contributed by atoms with Gasteiger partial charge < -0.3 is 9.47 Å². The van der Waals surface area contributed by atoms with E-state index in [0.717, 1.165) is 25.9 Å². The third-order valence-corrected chi connectivity index (χ3v) is 4.19. The van der Waals surface area contributed by atoms with Gasteiger partial charge in [-0.3, -0.25) is 19.9 Å². The molecule has 0 radical (unpaired) electrons. The van der Waals surface area contributed by atoms with Crippen LogP contribution < -0.4 is 10.9 Å². The summed E-state index contributed by atoms with van der Waals surface area (Å²) in [5, 5.41) is 2.90. The first-order valence-corrected chi connectivity index (χ1v) is 9.26. The molecule has 0 bridgehead atoms. The molecule has 0 aromatic carbocycles. The second kappa shape index (κ2) is 8.50. The summed E-state index contributed by atoms with van der Waals surface area (Å²) in [6, 6.07) is 1.62. The fraction of sp³-hybridized carbons (Fsp3) is 0.500. The SMILES string of the molecule is CC(C)(C)C(=O)Nc1nc2ncc(C#CCOC3CCCCO3)cc2c(=O)[nH]1. The van der Waals surface area contributed by atoms with E-state index in [1.54, 1.807) is 26.8 Å². The Balaban J connectivity index is 1.71. The number of aromatic amines is 1. The van der Waals surface area contributed by atoms with Crippen molar-refractivity contribution in [3.05, 3.63) is 28.2 Å². The van der Waals surface area contributed by atoms with E-state index in [9.17, 15) is 9.59 Å². The molecule has 3 heterocycles. The van der Waals surface area contributed by atoms with Crippen molar-refractivity contribution in [3.8, 4) is 11.8 Å². The zero-order valence-corrected chi connectivity index (χ0v) is 16.3. The molecule has 1 atom stereocenters. The molecule has 8 nitrogen and oxygen atoms in total. The van der Waals surface area contributed by atoms with Crippen LogP contribution in [0, 0.1) is 17.3 Å². The van der Waals surface area contributed by atoms with Crippen LogP contribution >= 0.6 is 0 Å². The fourth-order valence-electron chi connectivity index (χ4n) is 2.56. The summed E-state index contributed by atoms with van der Waals surface area (Å²) in [4.78, 5) is 35.4. The average Bonchev–Trinajstić information content (AvgIpc) is 2.65. The van der Waals surface area contributed by atoms with Crippen molar-refractivity contribution in [3.63, 3.8) is 0 Å². The molecule has 0 saturated carbocycles. The van der Waals surface area contributed by atoms with Crippen LogP contribution in [0.5, 0.6) is 0 Å². The van der Waals surface area contributed by atoms with Crippen LogP contribution in [-0.2, 0) is 14.3 Å². The Morgan fingerprint density at radius 2 is 2.25 bits per heavy atom. The van der Waals surface area contributed by atoms with Crippen molar-refractivity contribution in [2.45, 2.75) is 46.3 Å². The normalized spacial score (nSPS) is 17.0. The van der Waals surface area contributed by atoms with Crippen molar-refractivity contribution < 1.29 is 14.3 Å². The predicted octanol–water partition coefficient (Wildman–Crippen LogP) is 2.20. The molecular formula is C20H24N4O4. The Morgan fingerprint density at radius 3 is 2.96 bits per heavy atom. The van der Waals surface area contributed by atoms with E-state index in [2.05, 4.69) is 32.1 Å². The summed E-state index contributed by atoms with van der Waals surface area (Å²) in [6.45, 7) is 6.29. The molecule has 148 valence electrons. The van der Waals surface area contributed by atoms with E-state index in [-0.39, 0.29) is 30.4 Å². The molecule has 28 heavy (non-hydrogen) atoms. The van der Waals surface area contributed by atoms with Gasteiger partial charge >= 0.3 is 0 Å². The predicted molar refractivity (Wildman–Crippen MR) is 105 cm³/mol. The number of fused-ring (bicyclic) bond motifs is 1. The lowest BCUT2D eigenvalue weighted by Crippen LogP contribution is -2.29. The Kier molecular flexibility index (Phi) is 6.07. The van der Waals surface area contributed by atoms with E-state index in [1.807, 2.05) is 0 Å². The minimum Gasteiger partial charge on any atom is -0.353 e. The monoisotopic (exact) mass is 384 g/mol. The molecule has 1 aliphatic rings. The number of amides is 1. The standard InChI is InChI=1S/C20H24N4O4/c1-20(2,3)18(26)24-19-22-16-14(17(25)23-19)11-13(12-21-16)7-6-10-28-15-8-4-5-9-27-15/h11-12,15H,4-5,8-10H2,1-3H3,(H2,21,22,23,24,25,26). The van der Waals surface area contributed by atoms with E-state index >= 15 is 0 Å².